The average Bonchev–Trinajstić information content (AvgIpc) is 3.61. The fourth-order valence-electron chi connectivity index (χ4n) is 5.93. The third-order valence-electron chi connectivity index (χ3n) is 7.52. The maximum absolute atomic E-state index is 13.2. The Morgan fingerprint density at radius 2 is 1.59 bits per heavy atom. The minimum absolute atomic E-state index is 0.0772. The molecule has 6 heteroatoms. The summed E-state index contributed by atoms with van der Waals surface area (Å²) < 4.78 is 10.8. The van der Waals surface area contributed by atoms with Crippen molar-refractivity contribution in [2.24, 2.45) is 35.5 Å². The Labute approximate surface area is 185 Å². The Bertz CT molecular complexity index is 1120. The van der Waals surface area contributed by atoms with Gasteiger partial charge in [0.25, 0.3) is 0 Å². The first-order chi connectivity index (χ1) is 15.6. The third kappa shape index (κ3) is 2.82. The number of methoxy groups -OCH3 is 1. The van der Waals surface area contributed by atoms with Crippen LogP contribution in [0.4, 0.5) is 5.69 Å². The number of amides is 2. The molecule has 32 heavy (non-hydrogen) atoms. The predicted molar refractivity (Wildman–Crippen MR) is 116 cm³/mol. The largest absolute Gasteiger partial charge is 0.497 e. The summed E-state index contributed by atoms with van der Waals surface area (Å²) in [5, 5.41) is 0. The minimum atomic E-state index is -0.210. The standard InChI is InChI=1S/C26H23NO5/c1-31-17-4-2-3-14(11-17)22(28)13-32-16-7-5-15(6-8-16)27-25(29)23-18-9-10-19(21-12-20(18)21)24(23)26(27)30/h2-11,18-21,23-24H,12-13H2,1H3/t18-,19-,20-,21-,23-,24+/m1/s1. The normalized spacial score (nSPS) is 31.3. The van der Waals surface area contributed by atoms with Crippen molar-refractivity contribution >= 4 is 23.3 Å². The zero-order valence-electron chi connectivity index (χ0n) is 17.6. The first-order valence-corrected chi connectivity index (χ1v) is 11.0. The number of ketones is 1. The highest BCUT2D eigenvalue weighted by atomic mass is 16.5. The lowest BCUT2D eigenvalue weighted by Gasteiger charge is -2.37. The summed E-state index contributed by atoms with van der Waals surface area (Å²) in [6.45, 7) is -0.115. The molecule has 2 amide bonds. The smallest absolute Gasteiger partial charge is 0.238 e. The molecule has 3 fully saturated rings. The Hall–Kier alpha value is -3.41. The van der Waals surface area contributed by atoms with E-state index < -0.39 is 0 Å². The van der Waals surface area contributed by atoms with Gasteiger partial charge in [0.15, 0.2) is 12.4 Å². The van der Waals surface area contributed by atoms with E-state index in [-0.39, 0.29) is 47.9 Å². The van der Waals surface area contributed by atoms with Crippen molar-refractivity contribution < 1.29 is 23.9 Å². The number of benzene rings is 2. The summed E-state index contributed by atoms with van der Waals surface area (Å²) in [7, 11) is 1.55. The van der Waals surface area contributed by atoms with Gasteiger partial charge in [-0.15, -0.1) is 0 Å². The molecule has 2 bridgehead atoms. The van der Waals surface area contributed by atoms with Crippen LogP contribution >= 0.6 is 0 Å². The first kappa shape index (κ1) is 19.3. The number of carbonyl (C=O) groups is 3. The van der Waals surface area contributed by atoms with Gasteiger partial charge >= 0.3 is 0 Å². The molecule has 2 aromatic rings. The van der Waals surface area contributed by atoms with Crippen molar-refractivity contribution in [1.82, 2.24) is 0 Å². The van der Waals surface area contributed by atoms with Gasteiger partial charge in [-0.1, -0.05) is 24.3 Å². The second-order valence-corrected chi connectivity index (χ2v) is 9.10. The van der Waals surface area contributed by atoms with Gasteiger partial charge in [-0.05, 0) is 66.5 Å². The average molecular weight is 429 g/mol. The minimum Gasteiger partial charge on any atom is -0.497 e. The Balaban J connectivity index is 1.15. The zero-order valence-corrected chi connectivity index (χ0v) is 17.6. The van der Waals surface area contributed by atoms with Crippen LogP contribution in [0.5, 0.6) is 11.5 Å². The summed E-state index contributed by atoms with van der Waals surface area (Å²) in [6.07, 6.45) is 5.49. The van der Waals surface area contributed by atoms with E-state index in [0.717, 1.165) is 6.42 Å². The van der Waals surface area contributed by atoms with Crippen LogP contribution in [0, 0.1) is 35.5 Å². The number of ether oxygens (including phenoxy) is 2. The highest BCUT2D eigenvalue weighted by molar-refractivity contribution is 6.22. The third-order valence-corrected chi connectivity index (χ3v) is 7.52. The molecule has 2 saturated carbocycles. The molecule has 162 valence electrons. The highest BCUT2D eigenvalue weighted by Gasteiger charge is 2.67. The molecule has 5 aliphatic rings. The van der Waals surface area contributed by atoms with Gasteiger partial charge in [0.05, 0.1) is 24.6 Å². The van der Waals surface area contributed by atoms with Crippen LogP contribution in [0.25, 0.3) is 0 Å². The first-order valence-electron chi connectivity index (χ1n) is 11.0. The van der Waals surface area contributed by atoms with Crippen molar-refractivity contribution in [2.45, 2.75) is 6.42 Å². The fourth-order valence-corrected chi connectivity index (χ4v) is 5.93. The van der Waals surface area contributed by atoms with E-state index in [1.54, 1.807) is 55.6 Å². The Morgan fingerprint density at radius 3 is 2.22 bits per heavy atom. The molecular formula is C26H23NO5. The number of hydrogen-bond acceptors (Lipinski definition) is 5. The summed E-state index contributed by atoms with van der Waals surface area (Å²) in [5.41, 5.74) is 1.08. The van der Waals surface area contributed by atoms with Crippen LogP contribution in [0.2, 0.25) is 0 Å². The lowest BCUT2D eigenvalue weighted by atomic mass is 9.63. The monoisotopic (exact) mass is 429 g/mol. The molecule has 1 saturated heterocycles. The molecule has 0 N–H and O–H groups in total. The maximum atomic E-state index is 13.2. The number of imide groups is 1. The molecule has 0 spiro atoms. The van der Waals surface area contributed by atoms with Crippen LogP contribution < -0.4 is 14.4 Å². The van der Waals surface area contributed by atoms with Crippen LogP contribution in [-0.4, -0.2) is 31.3 Å². The van der Waals surface area contributed by atoms with E-state index in [1.165, 1.54) is 4.90 Å². The number of anilines is 1. The van der Waals surface area contributed by atoms with Gasteiger partial charge in [0.1, 0.15) is 11.5 Å². The second kappa shape index (κ2) is 7.05. The van der Waals surface area contributed by atoms with Gasteiger partial charge in [0, 0.05) is 5.56 Å². The van der Waals surface area contributed by atoms with Crippen LogP contribution in [0.15, 0.2) is 60.7 Å². The molecule has 6 atom stereocenters. The summed E-state index contributed by atoms with van der Waals surface area (Å²) >= 11 is 0. The van der Waals surface area contributed by atoms with Gasteiger partial charge in [-0.3, -0.25) is 19.3 Å². The van der Waals surface area contributed by atoms with Crippen molar-refractivity contribution in [1.29, 1.82) is 0 Å². The van der Waals surface area contributed by atoms with E-state index in [1.807, 2.05) is 0 Å². The molecule has 0 radical (unpaired) electrons. The molecule has 1 heterocycles. The summed E-state index contributed by atoms with van der Waals surface area (Å²) in [6, 6.07) is 13.7. The molecule has 0 unspecified atom stereocenters. The van der Waals surface area contributed by atoms with Crippen molar-refractivity contribution in [3.05, 3.63) is 66.2 Å². The SMILES string of the molecule is COc1cccc(C(=O)COc2ccc(N3C(=O)[C@@H]4[C@@H]5C=C[C@H]([C@H]6C[C@H]56)[C@@H]4C3=O)cc2)c1. The van der Waals surface area contributed by atoms with E-state index in [9.17, 15) is 14.4 Å². The highest BCUT2D eigenvalue weighted by Crippen LogP contribution is 2.65. The van der Waals surface area contributed by atoms with Crippen LogP contribution in [-0.2, 0) is 9.59 Å². The quantitative estimate of drug-likeness (QED) is 0.399. The number of allylic oxidation sites excluding steroid dienone is 2. The molecule has 4 aliphatic carbocycles. The number of hydrogen-bond donors (Lipinski definition) is 0. The molecule has 0 aromatic heterocycles. The number of rotatable bonds is 6. The topological polar surface area (TPSA) is 72.9 Å². The second-order valence-electron chi connectivity index (χ2n) is 9.10. The molecule has 6 nitrogen and oxygen atoms in total. The van der Waals surface area contributed by atoms with Gasteiger partial charge in [-0.2, -0.15) is 0 Å². The molecule has 2 aromatic carbocycles. The van der Waals surface area contributed by atoms with E-state index >= 15 is 0 Å². The maximum Gasteiger partial charge on any atom is 0.238 e. The summed E-state index contributed by atoms with van der Waals surface area (Å²) in [4.78, 5) is 40.2. The molecule has 1 aliphatic heterocycles. The number of nitrogens with zero attached hydrogens (tertiary/aromatic N) is 1. The van der Waals surface area contributed by atoms with Crippen LogP contribution in [0.3, 0.4) is 0 Å². The lowest BCUT2D eigenvalue weighted by molar-refractivity contribution is -0.124. The molecule has 7 rings (SSSR count). The zero-order chi connectivity index (χ0) is 22.0. The summed E-state index contributed by atoms with van der Waals surface area (Å²) in [5.74, 6) is 1.97. The Kier molecular flexibility index (Phi) is 4.25. The van der Waals surface area contributed by atoms with E-state index in [2.05, 4.69) is 12.2 Å². The lowest BCUT2D eigenvalue weighted by Crippen LogP contribution is -2.40. The van der Waals surface area contributed by atoms with Crippen molar-refractivity contribution in [3.8, 4) is 11.5 Å². The van der Waals surface area contributed by atoms with Gasteiger partial charge in [-0.25, -0.2) is 0 Å². The molecular weight excluding hydrogens is 406 g/mol. The van der Waals surface area contributed by atoms with E-state index in [4.69, 9.17) is 9.47 Å². The van der Waals surface area contributed by atoms with Gasteiger partial charge < -0.3 is 9.47 Å². The number of carbonyl (C=O) groups excluding carboxylic acids is 3. The predicted octanol–water partition coefficient (Wildman–Crippen LogP) is 3.51. The van der Waals surface area contributed by atoms with E-state index in [0.29, 0.717) is 34.6 Å². The van der Waals surface area contributed by atoms with Crippen molar-refractivity contribution in [2.75, 3.05) is 18.6 Å². The Morgan fingerprint density at radius 1 is 0.938 bits per heavy atom. The number of Topliss-reactive ketones (excluding diaryl/α,β-unsaturated/α-hetero) is 1. The van der Waals surface area contributed by atoms with Gasteiger partial charge in [0.2, 0.25) is 11.8 Å². The fraction of sp³-hybridized carbons (Fsp3) is 0.346. The van der Waals surface area contributed by atoms with Crippen LogP contribution in [0.1, 0.15) is 16.8 Å². The van der Waals surface area contributed by atoms with Crippen molar-refractivity contribution in [3.63, 3.8) is 0 Å².